The number of hydrogen-bond donors (Lipinski definition) is 1. The quantitative estimate of drug-likeness (QED) is 0.318. The first-order chi connectivity index (χ1) is 16.4. The van der Waals surface area contributed by atoms with Gasteiger partial charge in [0.2, 0.25) is 5.95 Å². The van der Waals surface area contributed by atoms with Crippen molar-refractivity contribution in [2.75, 3.05) is 18.9 Å². The number of ether oxygens (including phenoxy) is 2. The molecular formula is C23H27N7O2S2. The lowest BCUT2D eigenvalue weighted by Crippen LogP contribution is -2.15. The van der Waals surface area contributed by atoms with E-state index in [9.17, 15) is 0 Å². The van der Waals surface area contributed by atoms with Gasteiger partial charge < -0.3 is 9.47 Å². The fraction of sp³-hybridized carbons (Fsp3) is 0.348. The smallest absolute Gasteiger partial charge is 0.239 e. The van der Waals surface area contributed by atoms with E-state index in [1.54, 1.807) is 25.6 Å². The van der Waals surface area contributed by atoms with Crippen molar-refractivity contribution in [3.8, 4) is 28.7 Å². The van der Waals surface area contributed by atoms with E-state index in [2.05, 4.69) is 43.7 Å². The SMILES string of the molecule is COc1cccc(OC)c1-n1c(NSC(C)C(C)c2ncc(C)cn2)nnc1-c1csc(C)n1. The Morgan fingerprint density at radius 3 is 2.29 bits per heavy atom. The van der Waals surface area contributed by atoms with Gasteiger partial charge in [-0.15, -0.1) is 21.5 Å². The third kappa shape index (κ3) is 4.85. The molecule has 178 valence electrons. The number of aryl methyl sites for hydroxylation is 2. The van der Waals surface area contributed by atoms with Crippen LogP contribution in [0.25, 0.3) is 17.2 Å². The van der Waals surface area contributed by atoms with Crippen LogP contribution in [0.5, 0.6) is 11.5 Å². The highest BCUT2D eigenvalue weighted by Gasteiger charge is 2.25. The zero-order valence-corrected chi connectivity index (χ0v) is 21.6. The highest BCUT2D eigenvalue weighted by molar-refractivity contribution is 8.01. The van der Waals surface area contributed by atoms with Crippen LogP contribution in [0.4, 0.5) is 5.95 Å². The van der Waals surface area contributed by atoms with Crippen molar-refractivity contribution in [2.24, 2.45) is 0 Å². The summed E-state index contributed by atoms with van der Waals surface area (Å²) in [5, 5.41) is 12.0. The molecule has 2 atom stereocenters. The van der Waals surface area contributed by atoms with Crippen molar-refractivity contribution < 1.29 is 9.47 Å². The number of methoxy groups -OCH3 is 2. The van der Waals surface area contributed by atoms with Crippen molar-refractivity contribution in [3.05, 3.63) is 52.4 Å². The van der Waals surface area contributed by atoms with E-state index < -0.39 is 0 Å². The number of thiazole rings is 1. The molecule has 9 nitrogen and oxygen atoms in total. The molecule has 11 heteroatoms. The van der Waals surface area contributed by atoms with E-state index in [-0.39, 0.29) is 11.2 Å². The molecule has 0 aliphatic rings. The number of nitrogens with one attached hydrogen (secondary N) is 1. The second-order valence-corrected chi connectivity index (χ2v) is 10.0. The maximum Gasteiger partial charge on any atom is 0.239 e. The van der Waals surface area contributed by atoms with Gasteiger partial charge in [0.15, 0.2) is 5.82 Å². The lowest BCUT2D eigenvalue weighted by molar-refractivity contribution is 0.391. The van der Waals surface area contributed by atoms with Crippen LogP contribution in [0.2, 0.25) is 0 Å². The van der Waals surface area contributed by atoms with E-state index in [1.807, 2.05) is 54.4 Å². The Balaban J connectivity index is 1.70. The zero-order chi connectivity index (χ0) is 24.2. The maximum atomic E-state index is 5.67. The number of aromatic nitrogens is 6. The second-order valence-electron chi connectivity index (χ2n) is 7.78. The molecule has 3 aromatic heterocycles. The van der Waals surface area contributed by atoms with Crippen LogP contribution in [0.1, 0.15) is 36.2 Å². The molecule has 0 bridgehead atoms. The molecule has 1 aromatic carbocycles. The number of rotatable bonds is 9. The Kier molecular flexibility index (Phi) is 7.32. The first kappa shape index (κ1) is 24.0. The maximum absolute atomic E-state index is 5.67. The molecule has 0 saturated heterocycles. The van der Waals surface area contributed by atoms with Crippen LogP contribution >= 0.6 is 23.3 Å². The predicted octanol–water partition coefficient (Wildman–Crippen LogP) is 5.07. The number of para-hydroxylation sites is 1. The molecule has 34 heavy (non-hydrogen) atoms. The molecule has 0 radical (unpaired) electrons. The summed E-state index contributed by atoms with van der Waals surface area (Å²) in [5.74, 6) is 3.33. The van der Waals surface area contributed by atoms with Crippen LogP contribution in [-0.4, -0.2) is 49.2 Å². The fourth-order valence-electron chi connectivity index (χ4n) is 3.34. The standard InChI is InChI=1S/C23H27N7O2S2/c1-13-10-24-21(25-11-13)14(2)15(3)34-29-23-28-27-22(17-12-33-16(4)26-17)30(23)20-18(31-5)8-7-9-19(20)32-6/h7-12,14-15H,1-6H3,(H,28,29). The molecule has 2 unspecified atom stereocenters. The van der Waals surface area contributed by atoms with Gasteiger partial charge in [-0.25, -0.2) is 15.0 Å². The third-order valence-electron chi connectivity index (χ3n) is 5.38. The first-order valence-corrected chi connectivity index (χ1v) is 12.5. The fourth-order valence-corrected chi connectivity index (χ4v) is 4.68. The van der Waals surface area contributed by atoms with E-state index >= 15 is 0 Å². The minimum Gasteiger partial charge on any atom is -0.494 e. The molecule has 0 amide bonds. The summed E-state index contributed by atoms with van der Waals surface area (Å²) in [6.07, 6.45) is 3.69. The summed E-state index contributed by atoms with van der Waals surface area (Å²) in [5.41, 5.74) is 2.47. The van der Waals surface area contributed by atoms with Gasteiger partial charge in [0, 0.05) is 28.9 Å². The number of anilines is 1. The van der Waals surface area contributed by atoms with E-state index in [0.717, 1.165) is 22.1 Å². The summed E-state index contributed by atoms with van der Waals surface area (Å²) < 4.78 is 16.6. The van der Waals surface area contributed by atoms with E-state index in [1.165, 1.54) is 11.9 Å². The Hall–Kier alpha value is -3.18. The molecule has 3 heterocycles. The molecular weight excluding hydrogens is 470 g/mol. The molecule has 0 fully saturated rings. The van der Waals surface area contributed by atoms with Crippen molar-refractivity contribution in [1.29, 1.82) is 0 Å². The van der Waals surface area contributed by atoms with Gasteiger partial charge in [0.1, 0.15) is 28.7 Å². The summed E-state index contributed by atoms with van der Waals surface area (Å²) in [7, 11) is 3.25. The Labute approximate surface area is 207 Å². The number of nitrogens with zero attached hydrogens (tertiary/aromatic N) is 6. The van der Waals surface area contributed by atoms with Crippen molar-refractivity contribution in [2.45, 2.75) is 38.9 Å². The summed E-state index contributed by atoms with van der Waals surface area (Å²) >= 11 is 3.09. The van der Waals surface area contributed by atoms with Gasteiger partial charge >= 0.3 is 0 Å². The van der Waals surface area contributed by atoms with Crippen LogP contribution < -0.4 is 14.2 Å². The topological polar surface area (TPSA) is 99.9 Å². The van der Waals surface area contributed by atoms with Gasteiger partial charge in [0.05, 0.1) is 19.2 Å². The van der Waals surface area contributed by atoms with Gasteiger partial charge in [0.25, 0.3) is 0 Å². The normalized spacial score (nSPS) is 12.9. The van der Waals surface area contributed by atoms with Crippen LogP contribution in [-0.2, 0) is 0 Å². The largest absolute Gasteiger partial charge is 0.494 e. The molecule has 0 aliphatic carbocycles. The Bertz CT molecular complexity index is 1230. The monoisotopic (exact) mass is 497 g/mol. The van der Waals surface area contributed by atoms with Gasteiger partial charge in [-0.05, 0) is 43.5 Å². The molecule has 0 aliphatic heterocycles. The molecule has 0 spiro atoms. The molecule has 4 rings (SSSR count). The first-order valence-electron chi connectivity index (χ1n) is 10.7. The number of benzene rings is 1. The summed E-state index contributed by atoms with van der Waals surface area (Å²) in [6.45, 7) is 8.18. The average Bonchev–Trinajstić information content (AvgIpc) is 3.47. The highest BCUT2D eigenvalue weighted by Crippen LogP contribution is 2.38. The molecule has 1 N–H and O–H groups in total. The zero-order valence-electron chi connectivity index (χ0n) is 19.9. The van der Waals surface area contributed by atoms with Crippen molar-refractivity contribution >= 4 is 29.2 Å². The summed E-state index contributed by atoms with van der Waals surface area (Å²) in [4.78, 5) is 13.6. The molecule has 0 saturated carbocycles. The van der Waals surface area contributed by atoms with Gasteiger partial charge in [-0.3, -0.25) is 9.29 Å². The van der Waals surface area contributed by atoms with E-state index in [4.69, 9.17) is 9.47 Å². The van der Waals surface area contributed by atoms with E-state index in [0.29, 0.717) is 29.0 Å². The highest BCUT2D eigenvalue weighted by atomic mass is 32.2. The van der Waals surface area contributed by atoms with Crippen molar-refractivity contribution in [3.63, 3.8) is 0 Å². The lowest BCUT2D eigenvalue weighted by Gasteiger charge is -2.20. The minimum absolute atomic E-state index is 0.121. The predicted molar refractivity (Wildman–Crippen MR) is 136 cm³/mol. The molecule has 4 aromatic rings. The average molecular weight is 498 g/mol. The van der Waals surface area contributed by atoms with Crippen LogP contribution in [0.15, 0.2) is 36.0 Å². The Morgan fingerprint density at radius 1 is 1.03 bits per heavy atom. The second kappa shape index (κ2) is 10.4. The Morgan fingerprint density at radius 2 is 1.71 bits per heavy atom. The van der Waals surface area contributed by atoms with Crippen LogP contribution in [0.3, 0.4) is 0 Å². The lowest BCUT2D eigenvalue weighted by atomic mass is 10.1. The van der Waals surface area contributed by atoms with Crippen molar-refractivity contribution in [1.82, 2.24) is 29.7 Å². The van der Waals surface area contributed by atoms with Gasteiger partial charge in [-0.2, -0.15) is 0 Å². The van der Waals surface area contributed by atoms with Gasteiger partial charge in [-0.1, -0.05) is 19.9 Å². The van der Waals surface area contributed by atoms with Crippen LogP contribution in [0, 0.1) is 13.8 Å². The minimum atomic E-state index is 0.121. The summed E-state index contributed by atoms with van der Waals surface area (Å²) in [6, 6.07) is 5.64. The third-order valence-corrected chi connectivity index (χ3v) is 7.24. The number of hydrogen-bond acceptors (Lipinski definition) is 10.